The van der Waals surface area contributed by atoms with Crippen LogP contribution in [0.2, 0.25) is 0 Å². The molecule has 0 aliphatic heterocycles. The second kappa shape index (κ2) is 7.02. The minimum atomic E-state index is -0.124. The highest BCUT2D eigenvalue weighted by atomic mass is 79.9. The third-order valence-corrected chi connectivity index (χ3v) is 4.56. The molecule has 0 aliphatic rings. The van der Waals surface area contributed by atoms with E-state index in [4.69, 9.17) is 0 Å². The zero-order valence-corrected chi connectivity index (χ0v) is 14.8. The summed E-state index contributed by atoms with van der Waals surface area (Å²) in [4.78, 5) is 20.7. The van der Waals surface area contributed by atoms with E-state index in [1.807, 2.05) is 23.6 Å². The second-order valence-electron chi connectivity index (χ2n) is 5.10. The van der Waals surface area contributed by atoms with Crippen LogP contribution in [0.3, 0.4) is 0 Å². The SMILES string of the molecule is Cc1cccc(-c2nc(CC(=O)Nc3ccc(Br)cn3)cs2)c1. The number of amides is 1. The molecule has 2 aromatic heterocycles. The van der Waals surface area contributed by atoms with Crippen molar-refractivity contribution >= 4 is 39.0 Å². The van der Waals surface area contributed by atoms with Gasteiger partial charge < -0.3 is 5.32 Å². The fourth-order valence-electron chi connectivity index (χ4n) is 2.10. The fourth-order valence-corrected chi connectivity index (χ4v) is 3.15. The number of carbonyl (C=O) groups excluding carboxylic acids is 1. The molecule has 4 nitrogen and oxygen atoms in total. The summed E-state index contributed by atoms with van der Waals surface area (Å²) < 4.78 is 0.873. The van der Waals surface area contributed by atoms with Crippen molar-refractivity contribution in [1.29, 1.82) is 0 Å². The zero-order valence-electron chi connectivity index (χ0n) is 12.4. The van der Waals surface area contributed by atoms with E-state index in [1.54, 1.807) is 23.6 Å². The van der Waals surface area contributed by atoms with Gasteiger partial charge in [-0.3, -0.25) is 4.79 Å². The second-order valence-corrected chi connectivity index (χ2v) is 6.87. The molecular weight excluding hydrogens is 374 g/mol. The fraction of sp³-hybridized carbons (Fsp3) is 0.118. The third kappa shape index (κ3) is 4.24. The monoisotopic (exact) mass is 387 g/mol. The Hall–Kier alpha value is -2.05. The van der Waals surface area contributed by atoms with E-state index in [2.05, 4.69) is 50.3 Å². The van der Waals surface area contributed by atoms with Gasteiger partial charge in [-0.05, 0) is 41.1 Å². The molecule has 0 bridgehead atoms. The number of benzene rings is 1. The summed E-state index contributed by atoms with van der Waals surface area (Å²) in [6.07, 6.45) is 1.88. The molecule has 116 valence electrons. The van der Waals surface area contributed by atoms with E-state index >= 15 is 0 Å². The first kappa shape index (κ1) is 15.8. The lowest BCUT2D eigenvalue weighted by molar-refractivity contribution is -0.115. The number of nitrogens with one attached hydrogen (secondary N) is 1. The number of hydrogen-bond donors (Lipinski definition) is 1. The number of carbonyl (C=O) groups is 1. The van der Waals surface area contributed by atoms with Crippen molar-refractivity contribution in [2.75, 3.05) is 5.32 Å². The number of aromatic nitrogens is 2. The number of aryl methyl sites for hydroxylation is 1. The summed E-state index contributed by atoms with van der Waals surface area (Å²) in [5.74, 6) is 0.410. The molecule has 0 fully saturated rings. The van der Waals surface area contributed by atoms with Crippen LogP contribution in [0.4, 0.5) is 5.82 Å². The van der Waals surface area contributed by atoms with Crippen molar-refractivity contribution in [1.82, 2.24) is 9.97 Å². The first-order valence-electron chi connectivity index (χ1n) is 7.03. The van der Waals surface area contributed by atoms with Crippen molar-refractivity contribution in [3.63, 3.8) is 0 Å². The minimum Gasteiger partial charge on any atom is -0.310 e. The first-order chi connectivity index (χ1) is 11.1. The van der Waals surface area contributed by atoms with E-state index in [9.17, 15) is 4.79 Å². The molecule has 2 heterocycles. The largest absolute Gasteiger partial charge is 0.310 e. The van der Waals surface area contributed by atoms with Gasteiger partial charge in [0, 0.05) is 21.6 Å². The lowest BCUT2D eigenvalue weighted by Gasteiger charge is -2.02. The number of anilines is 1. The van der Waals surface area contributed by atoms with Crippen molar-refractivity contribution < 1.29 is 4.79 Å². The Balaban J connectivity index is 1.66. The van der Waals surface area contributed by atoms with Crippen LogP contribution in [0.15, 0.2) is 52.4 Å². The average molecular weight is 388 g/mol. The van der Waals surface area contributed by atoms with Gasteiger partial charge in [-0.25, -0.2) is 9.97 Å². The number of rotatable bonds is 4. The van der Waals surface area contributed by atoms with E-state index in [-0.39, 0.29) is 12.3 Å². The number of pyridine rings is 1. The standard InChI is InChI=1S/C17H14BrN3OS/c1-11-3-2-4-12(7-11)17-20-14(10-23-17)8-16(22)21-15-6-5-13(18)9-19-15/h2-7,9-10H,8H2,1H3,(H,19,21,22). The summed E-state index contributed by atoms with van der Waals surface area (Å²) in [5.41, 5.74) is 3.04. The molecule has 0 aliphatic carbocycles. The molecule has 3 rings (SSSR count). The van der Waals surface area contributed by atoms with Gasteiger partial charge in [0.15, 0.2) is 0 Å². The van der Waals surface area contributed by atoms with Crippen LogP contribution in [-0.2, 0) is 11.2 Å². The molecule has 0 saturated carbocycles. The van der Waals surface area contributed by atoms with E-state index < -0.39 is 0 Å². The lowest BCUT2D eigenvalue weighted by atomic mass is 10.1. The molecule has 1 amide bonds. The van der Waals surface area contributed by atoms with E-state index in [0.717, 1.165) is 20.7 Å². The average Bonchev–Trinajstić information content (AvgIpc) is 2.98. The van der Waals surface area contributed by atoms with Gasteiger partial charge in [0.25, 0.3) is 0 Å². The van der Waals surface area contributed by atoms with Crippen LogP contribution in [0, 0.1) is 6.92 Å². The van der Waals surface area contributed by atoms with Gasteiger partial charge in [-0.1, -0.05) is 23.8 Å². The van der Waals surface area contributed by atoms with E-state index in [1.165, 1.54) is 5.56 Å². The van der Waals surface area contributed by atoms with Crippen LogP contribution >= 0.6 is 27.3 Å². The maximum absolute atomic E-state index is 12.1. The van der Waals surface area contributed by atoms with Crippen molar-refractivity contribution in [2.24, 2.45) is 0 Å². The van der Waals surface area contributed by atoms with Crippen LogP contribution in [-0.4, -0.2) is 15.9 Å². The van der Waals surface area contributed by atoms with Crippen LogP contribution in [0.25, 0.3) is 10.6 Å². The van der Waals surface area contributed by atoms with E-state index in [0.29, 0.717) is 5.82 Å². The Labute approximate surface area is 146 Å². The maximum atomic E-state index is 12.1. The quantitative estimate of drug-likeness (QED) is 0.718. The highest BCUT2D eigenvalue weighted by Gasteiger charge is 2.10. The molecule has 3 aromatic rings. The Bertz CT molecular complexity index is 830. The molecular formula is C17H14BrN3OS. The van der Waals surface area contributed by atoms with Crippen LogP contribution in [0.5, 0.6) is 0 Å². The van der Waals surface area contributed by atoms with Crippen molar-refractivity contribution in [3.8, 4) is 10.6 Å². The molecule has 0 radical (unpaired) electrons. The van der Waals surface area contributed by atoms with Gasteiger partial charge in [0.05, 0.1) is 12.1 Å². The summed E-state index contributed by atoms with van der Waals surface area (Å²) in [6.45, 7) is 2.05. The smallest absolute Gasteiger partial charge is 0.231 e. The van der Waals surface area contributed by atoms with Gasteiger partial charge in [-0.15, -0.1) is 11.3 Å². The molecule has 0 spiro atoms. The minimum absolute atomic E-state index is 0.124. The molecule has 23 heavy (non-hydrogen) atoms. The summed E-state index contributed by atoms with van der Waals surface area (Å²) >= 11 is 4.86. The Morgan fingerprint density at radius 3 is 2.91 bits per heavy atom. The normalized spacial score (nSPS) is 10.5. The van der Waals surface area contributed by atoms with Crippen molar-refractivity contribution in [3.05, 3.63) is 63.7 Å². The topological polar surface area (TPSA) is 54.9 Å². The van der Waals surface area contributed by atoms with Gasteiger partial charge >= 0.3 is 0 Å². The van der Waals surface area contributed by atoms with Crippen LogP contribution < -0.4 is 5.32 Å². The number of nitrogens with zero attached hydrogens (tertiary/aromatic N) is 2. The summed E-state index contributed by atoms with van der Waals surface area (Å²) in [7, 11) is 0. The Morgan fingerprint density at radius 1 is 1.30 bits per heavy atom. The molecule has 1 N–H and O–H groups in total. The molecule has 6 heteroatoms. The predicted octanol–water partition coefficient (Wildman–Crippen LogP) is 4.46. The van der Waals surface area contributed by atoms with Gasteiger partial charge in [0.1, 0.15) is 10.8 Å². The highest BCUT2D eigenvalue weighted by Crippen LogP contribution is 2.24. The summed E-state index contributed by atoms with van der Waals surface area (Å²) in [5, 5.41) is 5.62. The Kier molecular flexibility index (Phi) is 4.83. The van der Waals surface area contributed by atoms with Gasteiger partial charge in [-0.2, -0.15) is 0 Å². The van der Waals surface area contributed by atoms with Crippen molar-refractivity contribution in [2.45, 2.75) is 13.3 Å². The highest BCUT2D eigenvalue weighted by molar-refractivity contribution is 9.10. The molecule has 0 atom stereocenters. The molecule has 1 aromatic carbocycles. The number of thiazole rings is 1. The maximum Gasteiger partial charge on any atom is 0.231 e. The zero-order chi connectivity index (χ0) is 16.2. The molecule has 0 saturated heterocycles. The number of halogens is 1. The van der Waals surface area contributed by atoms with Crippen LogP contribution in [0.1, 0.15) is 11.3 Å². The first-order valence-corrected chi connectivity index (χ1v) is 8.70. The van der Waals surface area contributed by atoms with Gasteiger partial charge in [0.2, 0.25) is 5.91 Å². The molecule has 0 unspecified atom stereocenters. The predicted molar refractivity (Wildman–Crippen MR) is 96.6 cm³/mol. The Morgan fingerprint density at radius 2 is 2.17 bits per heavy atom. The lowest BCUT2D eigenvalue weighted by Crippen LogP contribution is -2.15. The number of hydrogen-bond acceptors (Lipinski definition) is 4. The summed E-state index contributed by atoms with van der Waals surface area (Å²) in [6, 6.07) is 11.8. The third-order valence-electron chi connectivity index (χ3n) is 3.15.